The van der Waals surface area contributed by atoms with E-state index < -0.39 is 0 Å². The van der Waals surface area contributed by atoms with Crippen molar-refractivity contribution in [1.29, 1.82) is 0 Å². The summed E-state index contributed by atoms with van der Waals surface area (Å²) in [6.07, 6.45) is 2.48. The average Bonchev–Trinajstić information content (AvgIpc) is 2.27. The van der Waals surface area contributed by atoms with Crippen molar-refractivity contribution >= 4 is 0 Å². The van der Waals surface area contributed by atoms with Gasteiger partial charge in [-0.2, -0.15) is 0 Å². The van der Waals surface area contributed by atoms with Gasteiger partial charge in [0, 0.05) is 0 Å². The molecule has 1 aliphatic heterocycles. The molecule has 1 aromatic carbocycles. The molecule has 1 heterocycles. The SMILES string of the molecule is Cc1cc(C)cc(OCC2CCNCC2)c1. The fraction of sp³-hybridized carbons (Fsp3) is 0.571. The van der Waals surface area contributed by atoms with Crippen LogP contribution in [0.15, 0.2) is 18.2 Å². The van der Waals surface area contributed by atoms with Crippen molar-refractivity contribution in [3.05, 3.63) is 29.3 Å². The Balaban J connectivity index is 1.88. The minimum Gasteiger partial charge on any atom is -0.493 e. The van der Waals surface area contributed by atoms with Gasteiger partial charge in [0.1, 0.15) is 5.75 Å². The molecule has 0 spiro atoms. The number of ether oxygens (including phenoxy) is 1. The summed E-state index contributed by atoms with van der Waals surface area (Å²) in [5.74, 6) is 1.75. The maximum absolute atomic E-state index is 5.88. The molecule has 0 aromatic heterocycles. The molecule has 1 fully saturated rings. The molecule has 88 valence electrons. The summed E-state index contributed by atoms with van der Waals surface area (Å²) in [5, 5.41) is 3.38. The molecule has 1 aromatic rings. The second kappa shape index (κ2) is 5.35. The van der Waals surface area contributed by atoms with Crippen molar-refractivity contribution in [1.82, 2.24) is 5.32 Å². The van der Waals surface area contributed by atoms with Gasteiger partial charge in [-0.05, 0) is 69.0 Å². The Hall–Kier alpha value is -1.02. The van der Waals surface area contributed by atoms with Crippen molar-refractivity contribution in [2.75, 3.05) is 19.7 Å². The third-order valence-electron chi connectivity index (χ3n) is 3.14. The average molecular weight is 219 g/mol. The molecule has 1 N–H and O–H groups in total. The van der Waals surface area contributed by atoms with E-state index in [2.05, 4.69) is 37.4 Å². The Morgan fingerprint density at radius 1 is 1.12 bits per heavy atom. The summed E-state index contributed by atoms with van der Waals surface area (Å²) in [4.78, 5) is 0. The maximum atomic E-state index is 5.88. The number of hydrogen-bond donors (Lipinski definition) is 1. The Morgan fingerprint density at radius 2 is 1.75 bits per heavy atom. The highest BCUT2D eigenvalue weighted by Crippen LogP contribution is 2.19. The van der Waals surface area contributed by atoms with Crippen LogP contribution in [0.4, 0.5) is 0 Å². The van der Waals surface area contributed by atoms with E-state index in [-0.39, 0.29) is 0 Å². The fourth-order valence-electron chi connectivity index (χ4n) is 2.28. The monoisotopic (exact) mass is 219 g/mol. The van der Waals surface area contributed by atoms with Gasteiger partial charge in [0.2, 0.25) is 0 Å². The summed E-state index contributed by atoms with van der Waals surface area (Å²) < 4.78 is 5.88. The molecule has 0 unspecified atom stereocenters. The van der Waals surface area contributed by atoms with Crippen molar-refractivity contribution in [2.45, 2.75) is 26.7 Å². The van der Waals surface area contributed by atoms with E-state index >= 15 is 0 Å². The Bertz CT molecular complexity index is 322. The first-order chi connectivity index (χ1) is 7.74. The molecule has 0 radical (unpaired) electrons. The van der Waals surface area contributed by atoms with Gasteiger partial charge >= 0.3 is 0 Å². The molecular formula is C14H21NO. The van der Waals surface area contributed by atoms with Crippen LogP contribution in [0.1, 0.15) is 24.0 Å². The lowest BCUT2D eigenvalue weighted by molar-refractivity contribution is 0.215. The van der Waals surface area contributed by atoms with Crippen molar-refractivity contribution in [3.63, 3.8) is 0 Å². The molecule has 0 saturated carbocycles. The zero-order valence-corrected chi connectivity index (χ0v) is 10.3. The molecule has 2 rings (SSSR count). The maximum Gasteiger partial charge on any atom is 0.119 e. The Kier molecular flexibility index (Phi) is 3.83. The Morgan fingerprint density at radius 3 is 2.38 bits per heavy atom. The largest absolute Gasteiger partial charge is 0.493 e. The van der Waals surface area contributed by atoms with E-state index in [1.807, 2.05) is 0 Å². The van der Waals surface area contributed by atoms with Crippen molar-refractivity contribution in [3.8, 4) is 5.75 Å². The topological polar surface area (TPSA) is 21.3 Å². The van der Waals surface area contributed by atoms with Crippen LogP contribution in [0, 0.1) is 19.8 Å². The van der Waals surface area contributed by atoms with Crippen LogP contribution in [0.25, 0.3) is 0 Å². The molecule has 2 nitrogen and oxygen atoms in total. The molecule has 1 aliphatic rings. The van der Waals surface area contributed by atoms with E-state index in [9.17, 15) is 0 Å². The lowest BCUT2D eigenvalue weighted by atomic mass is 9.99. The van der Waals surface area contributed by atoms with Gasteiger partial charge in [-0.1, -0.05) is 6.07 Å². The number of hydrogen-bond acceptors (Lipinski definition) is 2. The number of aryl methyl sites for hydroxylation is 2. The third-order valence-corrected chi connectivity index (χ3v) is 3.14. The van der Waals surface area contributed by atoms with Crippen LogP contribution in [-0.4, -0.2) is 19.7 Å². The number of piperidine rings is 1. The van der Waals surface area contributed by atoms with E-state index in [1.165, 1.54) is 24.0 Å². The first-order valence-electron chi connectivity index (χ1n) is 6.16. The van der Waals surface area contributed by atoms with Gasteiger partial charge in [-0.15, -0.1) is 0 Å². The van der Waals surface area contributed by atoms with Crippen molar-refractivity contribution < 1.29 is 4.74 Å². The number of nitrogens with one attached hydrogen (secondary N) is 1. The van der Waals surface area contributed by atoms with E-state index in [1.54, 1.807) is 0 Å². The van der Waals surface area contributed by atoms with Gasteiger partial charge < -0.3 is 10.1 Å². The highest BCUT2D eigenvalue weighted by molar-refractivity contribution is 5.32. The second-order valence-corrected chi connectivity index (χ2v) is 4.83. The summed E-state index contributed by atoms with van der Waals surface area (Å²) in [7, 11) is 0. The molecular weight excluding hydrogens is 198 g/mol. The van der Waals surface area contributed by atoms with Gasteiger partial charge in [0.25, 0.3) is 0 Å². The molecule has 16 heavy (non-hydrogen) atoms. The van der Waals surface area contributed by atoms with Crippen LogP contribution in [0.5, 0.6) is 5.75 Å². The minimum absolute atomic E-state index is 0.724. The first kappa shape index (κ1) is 11.5. The summed E-state index contributed by atoms with van der Waals surface area (Å²) in [6.45, 7) is 7.38. The van der Waals surface area contributed by atoms with E-state index in [4.69, 9.17) is 4.74 Å². The van der Waals surface area contributed by atoms with Crippen LogP contribution >= 0.6 is 0 Å². The summed E-state index contributed by atoms with van der Waals surface area (Å²) in [5.41, 5.74) is 2.56. The molecule has 0 amide bonds. The van der Waals surface area contributed by atoms with Gasteiger partial charge in [-0.3, -0.25) is 0 Å². The summed E-state index contributed by atoms with van der Waals surface area (Å²) in [6, 6.07) is 6.42. The smallest absolute Gasteiger partial charge is 0.119 e. The van der Waals surface area contributed by atoms with Crippen LogP contribution in [0.2, 0.25) is 0 Å². The van der Waals surface area contributed by atoms with Gasteiger partial charge in [0.15, 0.2) is 0 Å². The van der Waals surface area contributed by atoms with Crippen LogP contribution in [-0.2, 0) is 0 Å². The third kappa shape index (κ3) is 3.24. The molecule has 2 heteroatoms. The van der Waals surface area contributed by atoms with Gasteiger partial charge in [-0.25, -0.2) is 0 Å². The quantitative estimate of drug-likeness (QED) is 0.844. The standard InChI is InChI=1S/C14H21NO/c1-11-7-12(2)9-14(8-11)16-10-13-3-5-15-6-4-13/h7-9,13,15H,3-6,10H2,1-2H3. The highest BCUT2D eigenvalue weighted by Gasteiger charge is 2.13. The fourth-order valence-corrected chi connectivity index (χ4v) is 2.28. The van der Waals surface area contributed by atoms with Crippen LogP contribution in [0.3, 0.4) is 0 Å². The second-order valence-electron chi connectivity index (χ2n) is 4.83. The lowest BCUT2D eigenvalue weighted by Crippen LogP contribution is -2.30. The summed E-state index contributed by atoms with van der Waals surface area (Å²) >= 11 is 0. The normalized spacial score (nSPS) is 17.4. The van der Waals surface area contributed by atoms with Crippen LogP contribution < -0.4 is 10.1 Å². The zero-order chi connectivity index (χ0) is 11.4. The molecule has 0 atom stereocenters. The molecule has 0 bridgehead atoms. The zero-order valence-electron chi connectivity index (χ0n) is 10.3. The molecule has 1 saturated heterocycles. The number of rotatable bonds is 3. The number of benzene rings is 1. The Labute approximate surface area is 98.0 Å². The van der Waals surface area contributed by atoms with E-state index in [0.717, 1.165) is 31.4 Å². The minimum atomic E-state index is 0.724. The lowest BCUT2D eigenvalue weighted by Gasteiger charge is -2.22. The highest BCUT2D eigenvalue weighted by atomic mass is 16.5. The van der Waals surface area contributed by atoms with Gasteiger partial charge in [0.05, 0.1) is 6.61 Å². The first-order valence-corrected chi connectivity index (χ1v) is 6.16. The van der Waals surface area contributed by atoms with E-state index in [0.29, 0.717) is 0 Å². The predicted octanol–water partition coefficient (Wildman–Crippen LogP) is 2.68. The van der Waals surface area contributed by atoms with Crippen molar-refractivity contribution in [2.24, 2.45) is 5.92 Å². The molecule has 0 aliphatic carbocycles. The predicted molar refractivity (Wildman–Crippen MR) is 67.0 cm³/mol.